The van der Waals surface area contributed by atoms with E-state index in [1.54, 1.807) is 34.8 Å². The Hall–Kier alpha value is -2.27. The molecule has 6 heteroatoms. The van der Waals surface area contributed by atoms with E-state index in [9.17, 15) is 9.59 Å². The first kappa shape index (κ1) is 13.7. The lowest BCUT2D eigenvalue weighted by atomic mass is 10.2. The monoisotopic (exact) mass is 303 g/mol. The highest BCUT2D eigenvalue weighted by Crippen LogP contribution is 2.38. The average Bonchev–Trinajstić information content (AvgIpc) is 2.77. The molecule has 0 saturated heterocycles. The molecular weight excluding hydrogens is 290 g/mol. The normalized spacial score (nSPS) is 13.2. The Bertz CT molecular complexity index is 723. The fourth-order valence-corrected chi connectivity index (χ4v) is 2.68. The van der Waals surface area contributed by atoms with Crippen molar-refractivity contribution >= 4 is 40.5 Å². The molecule has 1 aromatic heterocycles. The lowest BCUT2D eigenvalue weighted by Gasteiger charge is -2.22. The molecule has 108 valence electrons. The van der Waals surface area contributed by atoms with Crippen LogP contribution < -0.4 is 10.2 Å². The maximum Gasteiger partial charge on any atom is 0.274 e. The molecule has 0 fully saturated rings. The third kappa shape index (κ3) is 2.19. The van der Waals surface area contributed by atoms with Crippen LogP contribution >= 0.6 is 11.6 Å². The van der Waals surface area contributed by atoms with Gasteiger partial charge < -0.3 is 9.88 Å². The van der Waals surface area contributed by atoms with Gasteiger partial charge in [0.05, 0.1) is 17.1 Å². The third-order valence-corrected chi connectivity index (χ3v) is 3.65. The number of aryl methyl sites for hydroxylation is 1. The van der Waals surface area contributed by atoms with Gasteiger partial charge in [-0.3, -0.25) is 14.5 Å². The van der Waals surface area contributed by atoms with Crippen LogP contribution in [-0.2, 0) is 11.8 Å². The summed E-state index contributed by atoms with van der Waals surface area (Å²) in [5.41, 5.74) is 2.30. The zero-order valence-corrected chi connectivity index (χ0v) is 12.2. The summed E-state index contributed by atoms with van der Waals surface area (Å²) >= 11 is 5.71. The summed E-state index contributed by atoms with van der Waals surface area (Å²) in [7, 11) is 1.78. The van der Waals surface area contributed by atoms with Crippen LogP contribution in [0.25, 0.3) is 0 Å². The van der Waals surface area contributed by atoms with Crippen molar-refractivity contribution in [3.05, 3.63) is 42.2 Å². The van der Waals surface area contributed by atoms with Crippen LogP contribution in [0, 0.1) is 0 Å². The molecule has 21 heavy (non-hydrogen) atoms. The van der Waals surface area contributed by atoms with E-state index in [2.05, 4.69) is 5.32 Å². The standard InChI is InChI=1S/C15H14ClN3O2/c1-18-9-7-12-14(18)15(21)17-10-4-2-3-5-11(10)19(12)13(20)6-8-16/h2-5,7,9H,6,8H2,1H3,(H,17,21). The highest BCUT2D eigenvalue weighted by Gasteiger charge is 2.30. The molecule has 2 amide bonds. The second kappa shape index (κ2) is 5.26. The molecule has 0 spiro atoms. The minimum atomic E-state index is -0.230. The second-order valence-corrected chi connectivity index (χ2v) is 5.18. The Morgan fingerprint density at radius 3 is 2.76 bits per heavy atom. The summed E-state index contributed by atoms with van der Waals surface area (Å²) < 4.78 is 1.71. The zero-order valence-electron chi connectivity index (χ0n) is 11.5. The van der Waals surface area contributed by atoms with Gasteiger partial charge in [0, 0.05) is 25.5 Å². The smallest absolute Gasteiger partial charge is 0.274 e. The number of benzene rings is 1. The van der Waals surface area contributed by atoms with Crippen LogP contribution in [0.5, 0.6) is 0 Å². The van der Waals surface area contributed by atoms with E-state index in [-0.39, 0.29) is 24.1 Å². The molecular formula is C15H14ClN3O2. The summed E-state index contributed by atoms with van der Waals surface area (Å²) in [6.45, 7) is 0. The highest BCUT2D eigenvalue weighted by molar-refractivity contribution is 6.21. The van der Waals surface area contributed by atoms with E-state index >= 15 is 0 Å². The van der Waals surface area contributed by atoms with Gasteiger partial charge in [0.1, 0.15) is 5.69 Å². The minimum absolute atomic E-state index is 0.138. The number of para-hydroxylation sites is 2. The second-order valence-electron chi connectivity index (χ2n) is 4.80. The first-order chi connectivity index (χ1) is 10.1. The van der Waals surface area contributed by atoms with Crippen LogP contribution in [0.4, 0.5) is 17.1 Å². The summed E-state index contributed by atoms with van der Waals surface area (Å²) in [5.74, 6) is -0.131. The summed E-state index contributed by atoms with van der Waals surface area (Å²) in [5, 5.41) is 2.85. The number of amides is 2. The predicted molar refractivity (Wildman–Crippen MR) is 82.3 cm³/mol. The van der Waals surface area contributed by atoms with E-state index in [4.69, 9.17) is 11.6 Å². The van der Waals surface area contributed by atoms with Crippen LogP contribution in [0.2, 0.25) is 0 Å². The van der Waals surface area contributed by atoms with E-state index in [0.29, 0.717) is 22.8 Å². The minimum Gasteiger partial charge on any atom is -0.345 e. The number of halogens is 1. The average molecular weight is 304 g/mol. The quantitative estimate of drug-likeness (QED) is 0.867. The number of nitrogens with one attached hydrogen (secondary N) is 1. The number of carbonyl (C=O) groups excluding carboxylic acids is 2. The molecule has 1 aliphatic rings. The van der Waals surface area contributed by atoms with Gasteiger partial charge in [0.2, 0.25) is 5.91 Å². The molecule has 0 unspecified atom stereocenters. The summed E-state index contributed by atoms with van der Waals surface area (Å²) in [6.07, 6.45) is 1.97. The fourth-order valence-electron chi connectivity index (χ4n) is 2.52. The number of alkyl halides is 1. The van der Waals surface area contributed by atoms with Crippen LogP contribution in [0.15, 0.2) is 36.5 Å². The van der Waals surface area contributed by atoms with E-state index < -0.39 is 0 Å². The molecule has 0 atom stereocenters. The zero-order chi connectivity index (χ0) is 15.0. The number of hydrogen-bond acceptors (Lipinski definition) is 2. The van der Waals surface area contributed by atoms with Crippen LogP contribution in [0.1, 0.15) is 16.9 Å². The number of aromatic nitrogens is 1. The first-order valence-electron chi connectivity index (χ1n) is 6.58. The van der Waals surface area contributed by atoms with Gasteiger partial charge in [-0.25, -0.2) is 0 Å². The maximum atomic E-state index is 12.5. The number of carbonyl (C=O) groups is 2. The van der Waals surface area contributed by atoms with Crippen LogP contribution in [-0.4, -0.2) is 22.3 Å². The predicted octanol–water partition coefficient (Wildman–Crippen LogP) is 2.88. The van der Waals surface area contributed by atoms with Gasteiger partial charge in [0.25, 0.3) is 5.91 Å². The van der Waals surface area contributed by atoms with Crippen molar-refractivity contribution in [1.29, 1.82) is 0 Å². The molecule has 0 bridgehead atoms. The largest absolute Gasteiger partial charge is 0.345 e. The first-order valence-corrected chi connectivity index (χ1v) is 7.11. The van der Waals surface area contributed by atoms with Crippen molar-refractivity contribution in [3.63, 3.8) is 0 Å². The molecule has 0 radical (unpaired) electrons. The summed E-state index contributed by atoms with van der Waals surface area (Å²) in [4.78, 5) is 26.4. The van der Waals surface area contributed by atoms with Crippen molar-refractivity contribution in [3.8, 4) is 0 Å². The molecule has 5 nitrogen and oxygen atoms in total. The molecule has 0 aliphatic carbocycles. The van der Waals surface area contributed by atoms with E-state index in [1.165, 1.54) is 0 Å². The van der Waals surface area contributed by atoms with Crippen molar-refractivity contribution in [2.45, 2.75) is 6.42 Å². The Balaban J connectivity index is 2.23. The number of hydrogen-bond donors (Lipinski definition) is 1. The number of nitrogens with zero attached hydrogens (tertiary/aromatic N) is 2. The van der Waals surface area contributed by atoms with Gasteiger partial charge in [-0.2, -0.15) is 0 Å². The van der Waals surface area contributed by atoms with Crippen molar-refractivity contribution in [2.24, 2.45) is 7.05 Å². The van der Waals surface area contributed by atoms with E-state index in [1.807, 2.05) is 18.2 Å². The van der Waals surface area contributed by atoms with E-state index in [0.717, 1.165) is 0 Å². The Morgan fingerprint density at radius 2 is 2.00 bits per heavy atom. The number of anilines is 3. The molecule has 1 N–H and O–H groups in total. The fraction of sp³-hybridized carbons (Fsp3) is 0.200. The van der Waals surface area contributed by atoms with Gasteiger partial charge in [-0.1, -0.05) is 12.1 Å². The molecule has 2 heterocycles. The highest BCUT2D eigenvalue weighted by atomic mass is 35.5. The topological polar surface area (TPSA) is 54.3 Å². The van der Waals surface area contributed by atoms with Gasteiger partial charge >= 0.3 is 0 Å². The Morgan fingerprint density at radius 1 is 1.24 bits per heavy atom. The van der Waals surface area contributed by atoms with Crippen molar-refractivity contribution < 1.29 is 9.59 Å². The lowest BCUT2D eigenvalue weighted by Crippen LogP contribution is -2.26. The third-order valence-electron chi connectivity index (χ3n) is 3.46. The molecule has 0 saturated carbocycles. The van der Waals surface area contributed by atoms with Gasteiger partial charge in [-0.15, -0.1) is 11.6 Å². The Kier molecular flexibility index (Phi) is 3.43. The molecule has 3 rings (SSSR count). The maximum absolute atomic E-state index is 12.5. The SMILES string of the molecule is Cn1ccc2c1C(=O)Nc1ccccc1N2C(=O)CCCl. The van der Waals surface area contributed by atoms with Crippen molar-refractivity contribution in [1.82, 2.24) is 4.57 Å². The van der Waals surface area contributed by atoms with Gasteiger partial charge in [0.15, 0.2) is 0 Å². The molecule has 2 aromatic rings. The number of rotatable bonds is 2. The summed E-state index contributed by atoms with van der Waals surface area (Å²) in [6, 6.07) is 9.01. The Labute approximate surface area is 127 Å². The van der Waals surface area contributed by atoms with Crippen molar-refractivity contribution in [2.75, 3.05) is 16.1 Å². The van der Waals surface area contributed by atoms with Gasteiger partial charge in [-0.05, 0) is 18.2 Å². The molecule has 1 aliphatic heterocycles. The number of fused-ring (bicyclic) bond motifs is 2. The lowest BCUT2D eigenvalue weighted by molar-refractivity contribution is -0.117. The van der Waals surface area contributed by atoms with Crippen LogP contribution in [0.3, 0.4) is 0 Å². The molecule has 1 aromatic carbocycles.